The van der Waals surface area contributed by atoms with Gasteiger partial charge in [0.2, 0.25) is 5.91 Å². The number of unbranched alkanes of at least 4 members (excludes halogenated alkanes) is 1. The van der Waals surface area contributed by atoms with E-state index in [1.165, 1.54) is 11.1 Å². The van der Waals surface area contributed by atoms with Gasteiger partial charge in [0.15, 0.2) is 0 Å². The molecule has 1 aromatic rings. The SMILES string of the molecule is Cl.NCCCCNC(=O)CC1CCc2ccccc2C1. The van der Waals surface area contributed by atoms with E-state index in [0.29, 0.717) is 18.9 Å². The lowest BCUT2D eigenvalue weighted by Gasteiger charge is -2.24. The van der Waals surface area contributed by atoms with E-state index < -0.39 is 0 Å². The number of halogens is 1. The number of carbonyl (C=O) groups is 1. The van der Waals surface area contributed by atoms with Crippen LogP contribution in [0.3, 0.4) is 0 Å². The lowest BCUT2D eigenvalue weighted by Crippen LogP contribution is -2.28. The quantitative estimate of drug-likeness (QED) is 0.792. The Balaban J connectivity index is 0.00000200. The number of carbonyl (C=O) groups excluding carboxylic acids is 1. The summed E-state index contributed by atoms with van der Waals surface area (Å²) in [5, 5.41) is 2.99. The first-order valence-corrected chi connectivity index (χ1v) is 7.33. The Kier molecular flexibility index (Phi) is 7.63. The van der Waals surface area contributed by atoms with Crippen molar-refractivity contribution in [2.24, 2.45) is 11.7 Å². The zero-order chi connectivity index (χ0) is 13.5. The van der Waals surface area contributed by atoms with E-state index in [4.69, 9.17) is 5.73 Å². The number of fused-ring (bicyclic) bond motifs is 1. The van der Waals surface area contributed by atoms with Crippen molar-refractivity contribution >= 4 is 18.3 Å². The number of nitrogens with one attached hydrogen (secondary N) is 1. The molecule has 4 heteroatoms. The van der Waals surface area contributed by atoms with Crippen molar-refractivity contribution in [1.29, 1.82) is 0 Å². The van der Waals surface area contributed by atoms with Crippen LogP contribution in [0.15, 0.2) is 24.3 Å². The minimum atomic E-state index is 0. The molecule has 0 aliphatic heterocycles. The van der Waals surface area contributed by atoms with Gasteiger partial charge in [-0.1, -0.05) is 24.3 Å². The van der Waals surface area contributed by atoms with Gasteiger partial charge in [-0.2, -0.15) is 0 Å². The zero-order valence-corrected chi connectivity index (χ0v) is 12.8. The van der Waals surface area contributed by atoms with E-state index in [0.717, 1.165) is 38.6 Å². The fraction of sp³-hybridized carbons (Fsp3) is 0.562. The standard InChI is InChI=1S/C16H24N2O.ClH/c17-9-3-4-10-18-16(19)12-13-7-8-14-5-1-2-6-15(14)11-13;/h1-2,5-6,13H,3-4,7-12,17H2,(H,18,19);1H. The fourth-order valence-electron chi connectivity index (χ4n) is 2.78. The molecule has 1 aliphatic rings. The number of rotatable bonds is 6. The molecular formula is C16H25ClN2O. The van der Waals surface area contributed by atoms with Crippen molar-refractivity contribution in [1.82, 2.24) is 5.32 Å². The average molecular weight is 297 g/mol. The molecule has 1 atom stereocenters. The second-order valence-electron chi connectivity index (χ2n) is 5.43. The van der Waals surface area contributed by atoms with Crippen LogP contribution in [0.1, 0.15) is 36.8 Å². The Bertz CT molecular complexity index is 423. The van der Waals surface area contributed by atoms with Gasteiger partial charge < -0.3 is 11.1 Å². The summed E-state index contributed by atoms with van der Waals surface area (Å²) in [6.45, 7) is 1.47. The lowest BCUT2D eigenvalue weighted by atomic mass is 9.82. The molecule has 0 spiro atoms. The van der Waals surface area contributed by atoms with Crippen LogP contribution in [0.25, 0.3) is 0 Å². The molecule has 112 valence electrons. The lowest BCUT2D eigenvalue weighted by molar-refractivity contribution is -0.122. The highest BCUT2D eigenvalue weighted by molar-refractivity contribution is 5.85. The van der Waals surface area contributed by atoms with Crippen LogP contribution in [-0.4, -0.2) is 19.0 Å². The Morgan fingerprint density at radius 2 is 2.00 bits per heavy atom. The molecule has 1 amide bonds. The molecule has 1 aromatic carbocycles. The molecule has 1 aliphatic carbocycles. The first-order chi connectivity index (χ1) is 9.29. The number of benzene rings is 1. The van der Waals surface area contributed by atoms with Crippen molar-refractivity contribution in [3.8, 4) is 0 Å². The maximum absolute atomic E-state index is 11.8. The van der Waals surface area contributed by atoms with Crippen LogP contribution in [-0.2, 0) is 17.6 Å². The normalized spacial score (nSPS) is 16.9. The summed E-state index contributed by atoms with van der Waals surface area (Å²) < 4.78 is 0. The van der Waals surface area contributed by atoms with Crippen LogP contribution in [0.2, 0.25) is 0 Å². The van der Waals surface area contributed by atoms with E-state index >= 15 is 0 Å². The van der Waals surface area contributed by atoms with Gasteiger partial charge >= 0.3 is 0 Å². The van der Waals surface area contributed by atoms with Gasteiger partial charge in [0.05, 0.1) is 0 Å². The van der Waals surface area contributed by atoms with Crippen molar-refractivity contribution in [2.75, 3.05) is 13.1 Å². The molecule has 0 bridgehead atoms. The van der Waals surface area contributed by atoms with Gasteiger partial charge in [0.1, 0.15) is 0 Å². The molecule has 0 saturated heterocycles. The highest BCUT2D eigenvalue weighted by atomic mass is 35.5. The maximum atomic E-state index is 11.8. The van der Waals surface area contributed by atoms with E-state index in [9.17, 15) is 4.79 Å². The molecule has 1 unspecified atom stereocenters. The average Bonchev–Trinajstić information content (AvgIpc) is 2.43. The van der Waals surface area contributed by atoms with E-state index in [1.807, 2.05) is 0 Å². The van der Waals surface area contributed by atoms with E-state index in [2.05, 4.69) is 29.6 Å². The molecule has 0 aromatic heterocycles. The van der Waals surface area contributed by atoms with Crippen molar-refractivity contribution < 1.29 is 4.79 Å². The Labute approximate surface area is 127 Å². The Morgan fingerprint density at radius 1 is 1.25 bits per heavy atom. The van der Waals surface area contributed by atoms with Gasteiger partial charge in [0, 0.05) is 13.0 Å². The summed E-state index contributed by atoms with van der Waals surface area (Å²) in [5.41, 5.74) is 8.31. The van der Waals surface area contributed by atoms with Crippen molar-refractivity contribution in [3.63, 3.8) is 0 Å². The number of hydrogen-bond acceptors (Lipinski definition) is 2. The molecular weight excluding hydrogens is 272 g/mol. The monoisotopic (exact) mass is 296 g/mol. The highest BCUT2D eigenvalue weighted by Gasteiger charge is 2.20. The minimum absolute atomic E-state index is 0. The topological polar surface area (TPSA) is 55.1 Å². The third-order valence-electron chi connectivity index (χ3n) is 3.88. The third kappa shape index (κ3) is 5.14. The number of nitrogens with two attached hydrogens (primary N) is 1. The smallest absolute Gasteiger partial charge is 0.220 e. The second-order valence-corrected chi connectivity index (χ2v) is 5.43. The molecule has 0 fully saturated rings. The van der Waals surface area contributed by atoms with Crippen LogP contribution in [0.5, 0.6) is 0 Å². The minimum Gasteiger partial charge on any atom is -0.356 e. The first-order valence-electron chi connectivity index (χ1n) is 7.33. The van der Waals surface area contributed by atoms with E-state index in [-0.39, 0.29) is 18.3 Å². The Hall–Kier alpha value is -1.06. The Morgan fingerprint density at radius 3 is 2.75 bits per heavy atom. The van der Waals surface area contributed by atoms with Crippen LogP contribution < -0.4 is 11.1 Å². The summed E-state index contributed by atoms with van der Waals surface area (Å²) in [6, 6.07) is 8.59. The second kappa shape index (κ2) is 8.98. The molecule has 3 nitrogen and oxygen atoms in total. The van der Waals surface area contributed by atoms with Gasteiger partial charge in [-0.15, -0.1) is 12.4 Å². The maximum Gasteiger partial charge on any atom is 0.220 e. The largest absolute Gasteiger partial charge is 0.356 e. The fourth-order valence-corrected chi connectivity index (χ4v) is 2.78. The van der Waals surface area contributed by atoms with Gasteiger partial charge in [-0.25, -0.2) is 0 Å². The molecule has 20 heavy (non-hydrogen) atoms. The molecule has 2 rings (SSSR count). The van der Waals surface area contributed by atoms with Crippen LogP contribution in [0, 0.1) is 5.92 Å². The number of hydrogen-bond donors (Lipinski definition) is 2. The van der Waals surface area contributed by atoms with Gasteiger partial charge in [0.25, 0.3) is 0 Å². The van der Waals surface area contributed by atoms with Crippen LogP contribution >= 0.6 is 12.4 Å². The molecule has 0 heterocycles. The van der Waals surface area contributed by atoms with Gasteiger partial charge in [-0.3, -0.25) is 4.79 Å². The number of amides is 1. The predicted molar refractivity (Wildman–Crippen MR) is 85.1 cm³/mol. The van der Waals surface area contributed by atoms with Crippen molar-refractivity contribution in [3.05, 3.63) is 35.4 Å². The highest BCUT2D eigenvalue weighted by Crippen LogP contribution is 2.27. The third-order valence-corrected chi connectivity index (χ3v) is 3.88. The van der Waals surface area contributed by atoms with E-state index in [1.54, 1.807) is 0 Å². The van der Waals surface area contributed by atoms with Gasteiger partial charge in [-0.05, 0) is 55.7 Å². The number of aryl methyl sites for hydroxylation is 1. The zero-order valence-electron chi connectivity index (χ0n) is 11.9. The molecule has 0 saturated carbocycles. The first kappa shape index (κ1) is 17.0. The summed E-state index contributed by atoms with van der Waals surface area (Å²) in [5.74, 6) is 0.700. The van der Waals surface area contributed by atoms with Crippen LogP contribution in [0.4, 0.5) is 0 Å². The summed E-state index contributed by atoms with van der Waals surface area (Å²) in [6.07, 6.45) is 5.92. The molecule has 3 N–H and O–H groups in total. The molecule has 0 radical (unpaired) electrons. The summed E-state index contributed by atoms with van der Waals surface area (Å²) >= 11 is 0. The summed E-state index contributed by atoms with van der Waals surface area (Å²) in [7, 11) is 0. The predicted octanol–water partition coefficient (Wildman–Crippen LogP) is 2.46. The van der Waals surface area contributed by atoms with Crippen molar-refractivity contribution in [2.45, 2.75) is 38.5 Å². The summed E-state index contributed by atoms with van der Waals surface area (Å²) in [4.78, 5) is 11.8.